The number of piperazine rings is 1. The van der Waals surface area contributed by atoms with E-state index in [9.17, 15) is 26.8 Å². The lowest BCUT2D eigenvalue weighted by atomic mass is 10.3. The van der Waals surface area contributed by atoms with E-state index in [1.165, 1.54) is 9.80 Å². The molecule has 26 heavy (non-hydrogen) atoms. The van der Waals surface area contributed by atoms with Crippen LogP contribution in [0.25, 0.3) is 0 Å². The van der Waals surface area contributed by atoms with Crippen LogP contribution in [-0.4, -0.2) is 73.6 Å². The van der Waals surface area contributed by atoms with Crippen molar-refractivity contribution in [3.63, 3.8) is 0 Å². The van der Waals surface area contributed by atoms with E-state index >= 15 is 0 Å². The normalized spacial score (nSPS) is 19.2. The third kappa shape index (κ3) is 3.70. The smallest absolute Gasteiger partial charge is 0.246 e. The van der Waals surface area contributed by atoms with Crippen LogP contribution in [0.3, 0.4) is 0 Å². The summed E-state index contributed by atoms with van der Waals surface area (Å²) in [6.07, 6.45) is 1.18. The molecule has 0 unspecified atom stereocenters. The molecule has 2 saturated heterocycles. The predicted molar refractivity (Wildman–Crippen MR) is 87.5 cm³/mol. The van der Waals surface area contributed by atoms with Gasteiger partial charge in [-0.1, -0.05) is 0 Å². The third-order valence-corrected chi connectivity index (χ3v) is 6.51. The molecule has 2 aliphatic rings. The summed E-state index contributed by atoms with van der Waals surface area (Å²) in [5.41, 5.74) is 0. The zero-order valence-corrected chi connectivity index (χ0v) is 14.8. The number of rotatable bonds is 4. The number of likely N-dealkylation sites (tertiary alicyclic amines) is 1. The molecule has 0 aromatic heterocycles. The maximum atomic E-state index is 13.8. The highest BCUT2D eigenvalue weighted by atomic mass is 32.2. The van der Waals surface area contributed by atoms with Gasteiger partial charge in [-0.15, -0.1) is 0 Å². The standard InChI is InChI=1S/C16H19F2N3O4S/c17-12-3-4-13(18)14(10-12)26(24,25)21-8-6-19(7-9-21)16(23)11-20-5-1-2-15(20)22/h3-4,10H,1-2,5-9,11H2. The van der Waals surface area contributed by atoms with E-state index in [-0.39, 0.29) is 44.5 Å². The lowest BCUT2D eigenvalue weighted by Gasteiger charge is -2.34. The van der Waals surface area contributed by atoms with E-state index in [1.54, 1.807) is 0 Å². The van der Waals surface area contributed by atoms with Crippen molar-refractivity contribution >= 4 is 21.8 Å². The van der Waals surface area contributed by atoms with Crippen LogP contribution in [0, 0.1) is 11.6 Å². The molecule has 0 atom stereocenters. The van der Waals surface area contributed by atoms with Gasteiger partial charge in [0.25, 0.3) is 0 Å². The van der Waals surface area contributed by atoms with Gasteiger partial charge in [0.15, 0.2) is 0 Å². The van der Waals surface area contributed by atoms with Gasteiger partial charge < -0.3 is 9.80 Å². The number of carbonyl (C=O) groups excluding carboxylic acids is 2. The Hall–Kier alpha value is -2.07. The minimum atomic E-state index is -4.18. The van der Waals surface area contributed by atoms with Crippen molar-refractivity contribution in [2.75, 3.05) is 39.3 Å². The summed E-state index contributed by atoms with van der Waals surface area (Å²) in [4.78, 5) is 26.1. The molecule has 0 N–H and O–H groups in total. The second-order valence-corrected chi connectivity index (χ2v) is 8.18. The molecular weight excluding hydrogens is 368 g/mol. The van der Waals surface area contributed by atoms with Crippen LogP contribution in [-0.2, 0) is 19.6 Å². The van der Waals surface area contributed by atoms with Crippen molar-refractivity contribution in [1.29, 1.82) is 0 Å². The molecule has 1 aromatic rings. The van der Waals surface area contributed by atoms with Crippen molar-refractivity contribution in [2.24, 2.45) is 0 Å². The van der Waals surface area contributed by atoms with Crippen LogP contribution in [0.15, 0.2) is 23.1 Å². The number of nitrogens with zero attached hydrogens (tertiary/aromatic N) is 3. The quantitative estimate of drug-likeness (QED) is 0.750. The first kappa shape index (κ1) is 18.7. The summed E-state index contributed by atoms with van der Waals surface area (Å²) in [5, 5.41) is 0. The molecule has 0 bridgehead atoms. The maximum absolute atomic E-state index is 13.8. The van der Waals surface area contributed by atoms with Gasteiger partial charge in [0.1, 0.15) is 16.5 Å². The molecule has 10 heteroatoms. The van der Waals surface area contributed by atoms with Gasteiger partial charge in [-0.25, -0.2) is 17.2 Å². The highest BCUT2D eigenvalue weighted by Crippen LogP contribution is 2.22. The average molecular weight is 387 g/mol. The molecule has 142 valence electrons. The van der Waals surface area contributed by atoms with Gasteiger partial charge in [0.2, 0.25) is 21.8 Å². The first-order chi connectivity index (χ1) is 12.3. The summed E-state index contributed by atoms with van der Waals surface area (Å²) >= 11 is 0. The second kappa shape index (κ2) is 7.28. The number of benzene rings is 1. The number of amides is 2. The molecule has 0 radical (unpaired) electrons. The van der Waals surface area contributed by atoms with E-state index in [4.69, 9.17) is 0 Å². The minimum Gasteiger partial charge on any atom is -0.339 e. The van der Waals surface area contributed by atoms with E-state index in [1.807, 2.05) is 0 Å². The SMILES string of the molecule is O=C(CN1CCCC1=O)N1CCN(S(=O)(=O)c2cc(F)ccc2F)CC1. The van der Waals surface area contributed by atoms with E-state index in [2.05, 4.69) is 0 Å². The van der Waals surface area contributed by atoms with Gasteiger partial charge in [0, 0.05) is 39.1 Å². The van der Waals surface area contributed by atoms with E-state index in [0.717, 1.165) is 22.9 Å². The highest BCUT2D eigenvalue weighted by Gasteiger charge is 2.33. The van der Waals surface area contributed by atoms with Crippen LogP contribution < -0.4 is 0 Å². The molecule has 2 fully saturated rings. The fourth-order valence-electron chi connectivity index (χ4n) is 3.13. The summed E-state index contributed by atoms with van der Waals surface area (Å²) in [6, 6.07) is 2.28. The van der Waals surface area contributed by atoms with Crippen molar-refractivity contribution in [3.8, 4) is 0 Å². The molecule has 2 aliphatic heterocycles. The van der Waals surface area contributed by atoms with Crippen molar-refractivity contribution in [1.82, 2.24) is 14.1 Å². The molecule has 3 rings (SSSR count). The summed E-state index contributed by atoms with van der Waals surface area (Å²) in [6.45, 7) is 0.784. The molecule has 1 aromatic carbocycles. The Morgan fingerprint density at radius 1 is 1.08 bits per heavy atom. The molecule has 7 nitrogen and oxygen atoms in total. The monoisotopic (exact) mass is 387 g/mol. The van der Waals surface area contributed by atoms with Crippen LogP contribution in [0.2, 0.25) is 0 Å². The average Bonchev–Trinajstić information content (AvgIpc) is 3.02. The van der Waals surface area contributed by atoms with Crippen LogP contribution in [0.4, 0.5) is 8.78 Å². The van der Waals surface area contributed by atoms with Gasteiger partial charge in [-0.05, 0) is 24.6 Å². The highest BCUT2D eigenvalue weighted by molar-refractivity contribution is 7.89. The zero-order valence-electron chi connectivity index (χ0n) is 14.0. The van der Waals surface area contributed by atoms with Gasteiger partial charge >= 0.3 is 0 Å². The first-order valence-corrected chi connectivity index (χ1v) is 9.74. The number of hydrogen-bond donors (Lipinski definition) is 0. The topological polar surface area (TPSA) is 78.0 Å². The molecule has 0 saturated carbocycles. The van der Waals surface area contributed by atoms with Crippen LogP contribution in [0.1, 0.15) is 12.8 Å². The number of hydrogen-bond acceptors (Lipinski definition) is 4. The summed E-state index contributed by atoms with van der Waals surface area (Å²) < 4.78 is 53.2. The predicted octanol–water partition coefficient (Wildman–Crippen LogP) is 0.420. The fraction of sp³-hybridized carbons (Fsp3) is 0.500. The Kier molecular flexibility index (Phi) is 5.24. The van der Waals surface area contributed by atoms with Crippen molar-refractivity contribution in [2.45, 2.75) is 17.7 Å². The Morgan fingerprint density at radius 3 is 2.38 bits per heavy atom. The Balaban J connectivity index is 1.63. The number of sulfonamides is 1. The number of halogens is 2. The zero-order chi connectivity index (χ0) is 18.9. The van der Waals surface area contributed by atoms with E-state index in [0.29, 0.717) is 19.0 Å². The maximum Gasteiger partial charge on any atom is 0.246 e. The largest absolute Gasteiger partial charge is 0.339 e. The van der Waals surface area contributed by atoms with Crippen molar-refractivity contribution in [3.05, 3.63) is 29.8 Å². The van der Waals surface area contributed by atoms with Gasteiger partial charge in [0.05, 0.1) is 6.54 Å². The lowest BCUT2D eigenvalue weighted by molar-refractivity contribution is -0.139. The lowest BCUT2D eigenvalue weighted by Crippen LogP contribution is -2.52. The Bertz CT molecular complexity index is 823. The Morgan fingerprint density at radius 2 is 1.77 bits per heavy atom. The summed E-state index contributed by atoms with van der Waals surface area (Å²) in [5.74, 6) is -2.15. The van der Waals surface area contributed by atoms with Crippen LogP contribution >= 0.6 is 0 Å². The second-order valence-electron chi connectivity index (χ2n) is 6.28. The third-order valence-electron chi connectivity index (χ3n) is 4.60. The van der Waals surface area contributed by atoms with Crippen molar-refractivity contribution < 1.29 is 26.8 Å². The fourth-order valence-corrected chi connectivity index (χ4v) is 4.62. The molecule has 0 aliphatic carbocycles. The van der Waals surface area contributed by atoms with E-state index < -0.39 is 26.6 Å². The Labute approximate surface area is 150 Å². The molecule has 2 amide bonds. The first-order valence-electron chi connectivity index (χ1n) is 8.30. The number of carbonyl (C=O) groups is 2. The molecular formula is C16H19F2N3O4S. The van der Waals surface area contributed by atoms with Crippen LogP contribution in [0.5, 0.6) is 0 Å². The minimum absolute atomic E-state index is 0.00981. The van der Waals surface area contributed by atoms with Gasteiger partial charge in [-0.2, -0.15) is 4.31 Å². The summed E-state index contributed by atoms with van der Waals surface area (Å²) in [7, 11) is -4.18. The molecule has 0 spiro atoms. The van der Waals surface area contributed by atoms with Gasteiger partial charge in [-0.3, -0.25) is 9.59 Å². The molecule has 2 heterocycles.